The van der Waals surface area contributed by atoms with Crippen LogP contribution in [0.25, 0.3) is 11.1 Å². The molecule has 3 aromatic rings. The Kier molecular flexibility index (Phi) is 8.20. The number of unbranched alkanes of at least 4 members (excludes halogenated alkanes) is 1. The molecule has 0 bridgehead atoms. The Bertz CT molecular complexity index is 1050. The monoisotopic (exact) mass is 463 g/mol. The lowest BCUT2D eigenvalue weighted by molar-refractivity contribution is 0.0901. The quantitative estimate of drug-likeness (QED) is 0.279. The molecule has 1 amide bonds. The van der Waals surface area contributed by atoms with Crippen molar-refractivity contribution in [2.24, 2.45) is 5.92 Å². The molecule has 1 aliphatic rings. The SMILES string of the molecule is C=C(O)[C@H](Cc1ccc(OCCCCC2CCNCC2)cc1)NC(=O)c1nc2ccccc2o1. The van der Waals surface area contributed by atoms with Crippen molar-refractivity contribution < 1.29 is 19.1 Å². The molecule has 34 heavy (non-hydrogen) atoms. The number of nitrogens with one attached hydrogen (secondary N) is 2. The van der Waals surface area contributed by atoms with E-state index in [0.29, 0.717) is 24.1 Å². The third-order valence-corrected chi connectivity index (χ3v) is 6.29. The topological polar surface area (TPSA) is 96.6 Å². The third kappa shape index (κ3) is 6.60. The highest BCUT2D eigenvalue weighted by molar-refractivity contribution is 5.92. The molecule has 2 heterocycles. The van der Waals surface area contributed by atoms with Crippen LogP contribution in [0.3, 0.4) is 0 Å². The normalized spacial score (nSPS) is 15.2. The van der Waals surface area contributed by atoms with Gasteiger partial charge >= 0.3 is 5.91 Å². The Hall–Kier alpha value is -3.32. The first-order valence-corrected chi connectivity index (χ1v) is 12.0. The minimum Gasteiger partial charge on any atom is -0.511 e. The Morgan fingerprint density at radius 1 is 1.18 bits per heavy atom. The number of para-hydroxylation sites is 2. The average molecular weight is 464 g/mol. The van der Waals surface area contributed by atoms with Gasteiger partial charge < -0.3 is 24.9 Å². The molecule has 0 unspecified atom stereocenters. The molecule has 0 spiro atoms. The molecule has 1 aromatic heterocycles. The van der Waals surface area contributed by atoms with E-state index in [1.807, 2.05) is 36.4 Å². The molecule has 1 aliphatic heterocycles. The van der Waals surface area contributed by atoms with Crippen molar-refractivity contribution >= 4 is 17.0 Å². The van der Waals surface area contributed by atoms with Gasteiger partial charge in [0.2, 0.25) is 0 Å². The van der Waals surface area contributed by atoms with E-state index < -0.39 is 11.9 Å². The first-order valence-electron chi connectivity index (χ1n) is 12.0. The molecule has 3 N–H and O–H groups in total. The number of carbonyl (C=O) groups is 1. The maximum atomic E-state index is 12.6. The van der Waals surface area contributed by atoms with Crippen molar-refractivity contribution in [2.75, 3.05) is 19.7 Å². The third-order valence-electron chi connectivity index (χ3n) is 6.29. The smallest absolute Gasteiger partial charge is 0.307 e. The number of carbonyl (C=O) groups excluding carboxylic acids is 1. The van der Waals surface area contributed by atoms with Gasteiger partial charge in [0.1, 0.15) is 17.0 Å². The Balaban J connectivity index is 1.24. The van der Waals surface area contributed by atoms with Gasteiger partial charge in [-0.3, -0.25) is 4.79 Å². The van der Waals surface area contributed by atoms with E-state index in [9.17, 15) is 9.90 Å². The largest absolute Gasteiger partial charge is 0.511 e. The zero-order valence-electron chi connectivity index (χ0n) is 19.5. The van der Waals surface area contributed by atoms with Gasteiger partial charge in [0.15, 0.2) is 5.58 Å². The van der Waals surface area contributed by atoms with Gasteiger partial charge in [0.05, 0.1) is 12.6 Å². The summed E-state index contributed by atoms with van der Waals surface area (Å²) in [5, 5.41) is 16.2. The number of aliphatic hydroxyl groups is 1. The fourth-order valence-electron chi connectivity index (χ4n) is 4.29. The number of piperidine rings is 1. The van der Waals surface area contributed by atoms with Crippen molar-refractivity contribution in [3.63, 3.8) is 0 Å². The molecule has 0 aliphatic carbocycles. The van der Waals surface area contributed by atoms with Gasteiger partial charge in [-0.2, -0.15) is 0 Å². The van der Waals surface area contributed by atoms with Crippen molar-refractivity contribution in [3.05, 3.63) is 72.3 Å². The van der Waals surface area contributed by atoms with Crippen LogP contribution in [0.4, 0.5) is 0 Å². The second-order valence-corrected chi connectivity index (χ2v) is 8.89. The second kappa shape index (κ2) is 11.7. The summed E-state index contributed by atoms with van der Waals surface area (Å²) in [6, 6.07) is 14.2. The van der Waals surface area contributed by atoms with Crippen molar-refractivity contribution in [1.29, 1.82) is 0 Å². The molecule has 7 heteroatoms. The van der Waals surface area contributed by atoms with Crippen LogP contribution in [0, 0.1) is 5.92 Å². The fourth-order valence-corrected chi connectivity index (χ4v) is 4.29. The zero-order chi connectivity index (χ0) is 23.8. The number of fused-ring (bicyclic) bond motifs is 1. The van der Waals surface area contributed by atoms with Crippen LogP contribution in [-0.2, 0) is 6.42 Å². The lowest BCUT2D eigenvalue weighted by atomic mass is 9.93. The van der Waals surface area contributed by atoms with E-state index in [1.165, 1.54) is 25.7 Å². The Morgan fingerprint density at radius 3 is 2.68 bits per heavy atom. The highest BCUT2D eigenvalue weighted by Crippen LogP contribution is 2.20. The number of hydrogen-bond acceptors (Lipinski definition) is 6. The van der Waals surface area contributed by atoms with E-state index >= 15 is 0 Å². The molecular weight excluding hydrogens is 430 g/mol. The van der Waals surface area contributed by atoms with E-state index in [1.54, 1.807) is 12.1 Å². The predicted octanol–water partition coefficient (Wildman–Crippen LogP) is 4.79. The van der Waals surface area contributed by atoms with Crippen LogP contribution in [0.15, 0.2) is 65.3 Å². The summed E-state index contributed by atoms with van der Waals surface area (Å²) in [4.78, 5) is 16.8. The van der Waals surface area contributed by atoms with Crippen LogP contribution in [-0.4, -0.2) is 41.7 Å². The summed E-state index contributed by atoms with van der Waals surface area (Å²) >= 11 is 0. The standard InChI is InChI=1S/C27H33N3O4/c1-19(31)24(29-26(32)27-30-23-7-2-3-8-25(23)34-27)18-21-9-11-22(12-10-21)33-17-5-4-6-20-13-15-28-16-14-20/h2-3,7-12,20,24,28,31H,1,4-6,13-18H2,(H,29,32)/t24-/m0/s1. The average Bonchev–Trinajstić information content (AvgIpc) is 3.29. The van der Waals surface area contributed by atoms with Gasteiger partial charge in [0.25, 0.3) is 5.89 Å². The van der Waals surface area contributed by atoms with Gasteiger partial charge in [-0.15, -0.1) is 0 Å². The number of aliphatic hydroxyl groups excluding tert-OH is 1. The predicted molar refractivity (Wildman–Crippen MR) is 132 cm³/mol. The van der Waals surface area contributed by atoms with E-state index in [-0.39, 0.29) is 11.6 Å². The molecule has 4 rings (SSSR count). The van der Waals surface area contributed by atoms with Crippen LogP contribution < -0.4 is 15.4 Å². The summed E-state index contributed by atoms with van der Waals surface area (Å²) in [6.07, 6.45) is 6.50. The first kappa shape index (κ1) is 23.8. The number of hydrogen-bond donors (Lipinski definition) is 3. The van der Waals surface area contributed by atoms with E-state index in [0.717, 1.165) is 36.7 Å². The summed E-state index contributed by atoms with van der Waals surface area (Å²) in [5.74, 6) is 1.01. The van der Waals surface area contributed by atoms with Gasteiger partial charge in [-0.05, 0) is 80.9 Å². The number of benzene rings is 2. The maximum absolute atomic E-state index is 12.6. The molecule has 1 fully saturated rings. The summed E-state index contributed by atoms with van der Waals surface area (Å²) < 4.78 is 11.4. The zero-order valence-corrected chi connectivity index (χ0v) is 19.5. The number of amides is 1. The number of ether oxygens (including phenoxy) is 1. The van der Waals surface area contributed by atoms with E-state index in [2.05, 4.69) is 22.2 Å². The van der Waals surface area contributed by atoms with Crippen LogP contribution >= 0.6 is 0 Å². The molecule has 0 radical (unpaired) electrons. The van der Waals surface area contributed by atoms with Crippen LogP contribution in [0.2, 0.25) is 0 Å². The van der Waals surface area contributed by atoms with Crippen molar-refractivity contribution in [1.82, 2.24) is 15.6 Å². The Morgan fingerprint density at radius 2 is 1.94 bits per heavy atom. The minimum atomic E-state index is -0.663. The number of nitrogens with zero attached hydrogens (tertiary/aromatic N) is 1. The number of rotatable bonds is 11. The van der Waals surface area contributed by atoms with Gasteiger partial charge in [-0.25, -0.2) is 4.98 Å². The summed E-state index contributed by atoms with van der Waals surface area (Å²) in [6.45, 7) is 6.62. The Labute approximate surface area is 200 Å². The first-order chi connectivity index (χ1) is 16.6. The van der Waals surface area contributed by atoms with Gasteiger partial charge in [-0.1, -0.05) is 37.3 Å². The van der Waals surface area contributed by atoms with Crippen LogP contribution in [0.1, 0.15) is 48.4 Å². The summed E-state index contributed by atoms with van der Waals surface area (Å²) in [5.41, 5.74) is 2.08. The lowest BCUT2D eigenvalue weighted by Crippen LogP contribution is -2.37. The number of oxazole rings is 1. The van der Waals surface area contributed by atoms with Crippen molar-refractivity contribution in [3.8, 4) is 5.75 Å². The molecule has 7 nitrogen and oxygen atoms in total. The van der Waals surface area contributed by atoms with E-state index in [4.69, 9.17) is 9.15 Å². The highest BCUT2D eigenvalue weighted by Gasteiger charge is 2.21. The highest BCUT2D eigenvalue weighted by atomic mass is 16.5. The van der Waals surface area contributed by atoms with Gasteiger partial charge in [0, 0.05) is 0 Å². The molecule has 0 saturated carbocycles. The number of aromatic nitrogens is 1. The second-order valence-electron chi connectivity index (χ2n) is 8.89. The molecule has 180 valence electrons. The van der Waals surface area contributed by atoms with Crippen LogP contribution in [0.5, 0.6) is 5.75 Å². The summed E-state index contributed by atoms with van der Waals surface area (Å²) in [7, 11) is 0. The molecule has 2 aromatic carbocycles. The molecule has 1 saturated heterocycles. The maximum Gasteiger partial charge on any atom is 0.307 e. The molecule has 1 atom stereocenters. The molecular formula is C27H33N3O4. The fraction of sp³-hybridized carbons (Fsp3) is 0.407. The lowest BCUT2D eigenvalue weighted by Gasteiger charge is -2.22. The van der Waals surface area contributed by atoms with Crippen molar-refractivity contribution in [2.45, 2.75) is 44.6 Å². The minimum absolute atomic E-state index is 0.0450.